The Balaban J connectivity index is 1.51. The van der Waals surface area contributed by atoms with Crippen molar-refractivity contribution in [3.63, 3.8) is 0 Å². The van der Waals surface area contributed by atoms with Crippen molar-refractivity contribution >= 4 is 5.82 Å². The van der Waals surface area contributed by atoms with Gasteiger partial charge in [0.15, 0.2) is 0 Å². The Hall–Kier alpha value is -2.46. The average molecular weight is 311 g/mol. The second-order valence-electron chi connectivity index (χ2n) is 5.93. The third-order valence-corrected chi connectivity index (χ3v) is 4.15. The summed E-state index contributed by atoms with van der Waals surface area (Å²) in [6.45, 7) is 4.82. The van der Waals surface area contributed by atoms with Gasteiger partial charge in [0, 0.05) is 31.4 Å². The zero-order valence-corrected chi connectivity index (χ0v) is 13.3. The van der Waals surface area contributed by atoms with Crippen molar-refractivity contribution in [1.29, 1.82) is 5.26 Å². The highest BCUT2D eigenvalue weighted by molar-refractivity contribution is 5.53. The summed E-state index contributed by atoms with van der Waals surface area (Å²) in [7, 11) is 0. The minimum atomic E-state index is 0.345. The molecular weight excluding hydrogens is 290 g/mol. The van der Waals surface area contributed by atoms with Crippen molar-refractivity contribution in [2.75, 3.05) is 18.0 Å². The fraction of sp³-hybridized carbons (Fsp3) is 0.500. The quantitative estimate of drug-likeness (QED) is 0.893. The van der Waals surface area contributed by atoms with Crippen LogP contribution in [0.5, 0.6) is 0 Å². The minimum Gasteiger partial charge on any atom is -0.355 e. The average Bonchev–Trinajstić information content (AvgIpc) is 3.08. The molecule has 0 aliphatic carbocycles. The van der Waals surface area contributed by atoms with Crippen LogP contribution in [0.1, 0.15) is 25.3 Å². The summed E-state index contributed by atoms with van der Waals surface area (Å²) in [4.78, 5) is 10.5. The first kappa shape index (κ1) is 15.4. The molecule has 1 aliphatic heterocycles. The Kier molecular flexibility index (Phi) is 4.83. The number of aromatic nitrogens is 4. The number of pyridine rings is 1. The van der Waals surface area contributed by atoms with Crippen molar-refractivity contribution in [2.24, 2.45) is 0 Å². The van der Waals surface area contributed by atoms with Crippen LogP contribution < -0.4 is 10.2 Å². The number of nitriles is 1. The van der Waals surface area contributed by atoms with Crippen LogP contribution in [0.15, 0.2) is 31.0 Å². The maximum atomic E-state index is 9.20. The molecule has 1 fully saturated rings. The summed E-state index contributed by atoms with van der Waals surface area (Å²) >= 11 is 0. The molecule has 1 saturated heterocycles. The lowest BCUT2D eigenvalue weighted by Gasteiger charge is -2.34. The zero-order valence-electron chi connectivity index (χ0n) is 13.3. The summed E-state index contributed by atoms with van der Waals surface area (Å²) in [6, 6.07) is 6.69. The first-order chi connectivity index (χ1) is 11.3. The van der Waals surface area contributed by atoms with Gasteiger partial charge in [-0.1, -0.05) is 0 Å². The molecule has 0 spiro atoms. The lowest BCUT2D eigenvalue weighted by atomic mass is 10.0. The lowest BCUT2D eigenvalue weighted by Crippen LogP contribution is -2.46. The van der Waals surface area contributed by atoms with E-state index in [9.17, 15) is 5.26 Å². The summed E-state index contributed by atoms with van der Waals surface area (Å²) < 4.78 is 1.85. The smallest absolute Gasteiger partial charge is 0.146 e. The monoisotopic (exact) mass is 311 g/mol. The van der Waals surface area contributed by atoms with Crippen molar-refractivity contribution < 1.29 is 0 Å². The molecular formula is C16H21N7. The number of piperidine rings is 1. The summed E-state index contributed by atoms with van der Waals surface area (Å²) in [5.74, 6) is 0.809. The highest BCUT2D eigenvalue weighted by Crippen LogP contribution is 2.21. The molecule has 0 amide bonds. The number of anilines is 1. The Morgan fingerprint density at radius 2 is 2.26 bits per heavy atom. The van der Waals surface area contributed by atoms with Gasteiger partial charge in [0.05, 0.1) is 12.1 Å². The van der Waals surface area contributed by atoms with Crippen LogP contribution >= 0.6 is 0 Å². The van der Waals surface area contributed by atoms with Crippen LogP contribution in [-0.2, 0) is 6.54 Å². The Morgan fingerprint density at radius 1 is 1.43 bits per heavy atom. The second kappa shape index (κ2) is 7.20. The highest BCUT2D eigenvalue weighted by atomic mass is 15.3. The molecule has 7 heteroatoms. The van der Waals surface area contributed by atoms with E-state index in [0.717, 1.165) is 38.3 Å². The largest absolute Gasteiger partial charge is 0.355 e. The van der Waals surface area contributed by atoms with Crippen molar-refractivity contribution in [3.05, 3.63) is 36.5 Å². The van der Waals surface area contributed by atoms with Gasteiger partial charge in [0.1, 0.15) is 24.5 Å². The van der Waals surface area contributed by atoms with Gasteiger partial charge in [-0.05, 0) is 31.9 Å². The molecule has 120 valence electrons. The van der Waals surface area contributed by atoms with Gasteiger partial charge in [0.2, 0.25) is 0 Å². The van der Waals surface area contributed by atoms with Crippen molar-refractivity contribution in [3.8, 4) is 6.07 Å². The topological polar surface area (TPSA) is 82.7 Å². The van der Waals surface area contributed by atoms with E-state index in [1.807, 2.05) is 16.8 Å². The van der Waals surface area contributed by atoms with E-state index in [4.69, 9.17) is 0 Å². The molecule has 1 atom stereocenters. The predicted molar refractivity (Wildman–Crippen MR) is 86.8 cm³/mol. The normalized spacial score (nSPS) is 17.0. The van der Waals surface area contributed by atoms with Crippen LogP contribution in [0.4, 0.5) is 5.82 Å². The second-order valence-corrected chi connectivity index (χ2v) is 5.93. The number of rotatable bonds is 5. The van der Waals surface area contributed by atoms with E-state index in [2.05, 4.69) is 38.3 Å². The predicted octanol–water partition coefficient (Wildman–Crippen LogP) is 1.19. The number of hydrogen-bond donors (Lipinski definition) is 1. The summed E-state index contributed by atoms with van der Waals surface area (Å²) in [5, 5.41) is 17.0. The molecule has 3 rings (SSSR count). The van der Waals surface area contributed by atoms with Gasteiger partial charge in [-0.15, -0.1) is 0 Å². The number of nitrogens with one attached hydrogen (secondary N) is 1. The molecule has 1 N–H and O–H groups in total. The van der Waals surface area contributed by atoms with E-state index in [0.29, 0.717) is 17.6 Å². The third kappa shape index (κ3) is 3.85. The Morgan fingerprint density at radius 3 is 2.96 bits per heavy atom. The standard InChI is InChI=1S/C16H21N7/c1-13(10-23-12-18-11-20-23)21-15-4-7-22(8-5-15)16-14(9-17)3-2-6-19-16/h2-3,6,11-13,15,21H,4-5,7-8,10H2,1H3. The van der Waals surface area contributed by atoms with E-state index < -0.39 is 0 Å². The third-order valence-electron chi connectivity index (χ3n) is 4.15. The van der Waals surface area contributed by atoms with Crippen LogP contribution in [0.2, 0.25) is 0 Å². The first-order valence-electron chi connectivity index (χ1n) is 7.95. The van der Waals surface area contributed by atoms with E-state index >= 15 is 0 Å². The molecule has 0 saturated carbocycles. The molecule has 3 heterocycles. The van der Waals surface area contributed by atoms with Gasteiger partial charge in [-0.25, -0.2) is 9.97 Å². The molecule has 1 unspecified atom stereocenters. The SMILES string of the molecule is CC(Cn1cncn1)NC1CCN(c2ncccc2C#N)CC1. The minimum absolute atomic E-state index is 0.345. The molecule has 2 aromatic heterocycles. The molecule has 23 heavy (non-hydrogen) atoms. The van der Waals surface area contributed by atoms with Gasteiger partial charge >= 0.3 is 0 Å². The van der Waals surface area contributed by atoms with E-state index in [1.165, 1.54) is 0 Å². The Labute approximate surface area is 136 Å². The van der Waals surface area contributed by atoms with Gasteiger partial charge in [-0.3, -0.25) is 4.68 Å². The van der Waals surface area contributed by atoms with Crippen LogP contribution in [0, 0.1) is 11.3 Å². The maximum absolute atomic E-state index is 9.20. The van der Waals surface area contributed by atoms with Gasteiger partial charge in [0.25, 0.3) is 0 Å². The maximum Gasteiger partial charge on any atom is 0.146 e. The van der Waals surface area contributed by atoms with Crippen LogP contribution in [0.25, 0.3) is 0 Å². The zero-order chi connectivity index (χ0) is 16.1. The molecule has 7 nitrogen and oxygen atoms in total. The van der Waals surface area contributed by atoms with Gasteiger partial charge in [-0.2, -0.15) is 10.4 Å². The van der Waals surface area contributed by atoms with E-state index in [-0.39, 0.29) is 0 Å². The van der Waals surface area contributed by atoms with Crippen LogP contribution in [-0.4, -0.2) is 44.9 Å². The number of nitrogens with zero attached hydrogens (tertiary/aromatic N) is 6. The first-order valence-corrected chi connectivity index (χ1v) is 7.95. The number of hydrogen-bond acceptors (Lipinski definition) is 6. The van der Waals surface area contributed by atoms with Crippen molar-refractivity contribution in [1.82, 2.24) is 25.1 Å². The Bertz CT molecular complexity index is 653. The summed E-state index contributed by atoms with van der Waals surface area (Å²) in [5.41, 5.74) is 0.651. The van der Waals surface area contributed by atoms with Gasteiger partial charge < -0.3 is 10.2 Å². The fourth-order valence-electron chi connectivity index (χ4n) is 3.06. The van der Waals surface area contributed by atoms with Crippen molar-refractivity contribution in [2.45, 2.75) is 38.4 Å². The van der Waals surface area contributed by atoms with E-state index in [1.54, 1.807) is 18.9 Å². The summed E-state index contributed by atoms with van der Waals surface area (Å²) in [6.07, 6.45) is 7.14. The molecule has 0 bridgehead atoms. The molecule has 2 aromatic rings. The fourth-order valence-corrected chi connectivity index (χ4v) is 3.06. The molecule has 0 radical (unpaired) electrons. The lowest BCUT2D eigenvalue weighted by molar-refractivity contribution is 0.347. The molecule has 0 aromatic carbocycles. The molecule has 1 aliphatic rings. The van der Waals surface area contributed by atoms with Crippen LogP contribution in [0.3, 0.4) is 0 Å². The highest BCUT2D eigenvalue weighted by Gasteiger charge is 2.22.